The largest absolute Gasteiger partial charge is 0.295 e. The van der Waals surface area contributed by atoms with Crippen LogP contribution in [0.2, 0.25) is 0 Å². The van der Waals surface area contributed by atoms with Gasteiger partial charge in [-0.05, 0) is 45.4 Å². The lowest BCUT2D eigenvalue weighted by atomic mass is 9.84. The minimum absolute atomic E-state index is 0.253. The quantitative estimate of drug-likeness (QED) is 0.641. The summed E-state index contributed by atoms with van der Waals surface area (Å²) in [5.41, 5.74) is 1.48. The molecule has 3 atom stereocenters. The first kappa shape index (κ1) is 15.5. The number of rotatable bonds is 5. The molecular weight excluding hydrogens is 218 g/mol. The Bertz CT molecular complexity index is 297. The van der Waals surface area contributed by atoms with Gasteiger partial charge in [-0.25, -0.2) is 0 Å². The maximum absolute atomic E-state index is 4.23. The van der Waals surface area contributed by atoms with Crippen molar-refractivity contribution >= 4 is 0 Å². The molecule has 1 fully saturated rings. The van der Waals surface area contributed by atoms with Crippen LogP contribution in [0.5, 0.6) is 0 Å². The summed E-state index contributed by atoms with van der Waals surface area (Å²) in [4.78, 5) is 2.69. The van der Waals surface area contributed by atoms with E-state index in [9.17, 15) is 0 Å². The van der Waals surface area contributed by atoms with E-state index < -0.39 is 0 Å². The Morgan fingerprint density at radius 2 is 2.06 bits per heavy atom. The van der Waals surface area contributed by atoms with Crippen molar-refractivity contribution in [3.63, 3.8) is 0 Å². The molecule has 1 heterocycles. The number of likely N-dealkylation sites (tertiary alicyclic amines) is 1. The third-order valence-electron chi connectivity index (χ3n) is 4.22. The van der Waals surface area contributed by atoms with Crippen molar-refractivity contribution < 1.29 is 0 Å². The summed E-state index contributed by atoms with van der Waals surface area (Å²) >= 11 is 0. The summed E-state index contributed by atoms with van der Waals surface area (Å²) in [6.07, 6.45) is 5.72. The fourth-order valence-electron chi connectivity index (χ4n) is 3.33. The molecule has 0 aromatic rings. The van der Waals surface area contributed by atoms with Crippen molar-refractivity contribution in [2.75, 3.05) is 6.54 Å². The Labute approximate surface area is 114 Å². The van der Waals surface area contributed by atoms with Gasteiger partial charge in [-0.3, -0.25) is 4.90 Å². The lowest BCUT2D eigenvalue weighted by molar-refractivity contribution is 0.0923. The van der Waals surface area contributed by atoms with Crippen molar-refractivity contribution in [1.29, 1.82) is 0 Å². The van der Waals surface area contributed by atoms with Crippen LogP contribution in [-0.2, 0) is 0 Å². The zero-order valence-electron chi connectivity index (χ0n) is 13.0. The monoisotopic (exact) mass is 249 g/mol. The first-order valence-electron chi connectivity index (χ1n) is 7.39. The average Bonchev–Trinajstić information content (AvgIpc) is 2.66. The van der Waals surface area contributed by atoms with Crippen molar-refractivity contribution in [1.82, 2.24) is 4.90 Å². The normalized spacial score (nSPS) is 27.2. The predicted molar refractivity (Wildman–Crippen MR) is 81.8 cm³/mol. The van der Waals surface area contributed by atoms with E-state index in [-0.39, 0.29) is 5.54 Å². The predicted octanol–water partition coefficient (Wildman–Crippen LogP) is 4.65. The van der Waals surface area contributed by atoms with E-state index >= 15 is 0 Å². The molecular formula is C17H31N. The summed E-state index contributed by atoms with van der Waals surface area (Å²) in [7, 11) is 0. The third-order valence-corrected chi connectivity index (χ3v) is 4.22. The van der Waals surface area contributed by atoms with E-state index in [1.807, 2.05) is 6.08 Å². The molecule has 1 saturated heterocycles. The molecule has 3 unspecified atom stereocenters. The van der Waals surface area contributed by atoms with Gasteiger partial charge in [0.1, 0.15) is 0 Å². The van der Waals surface area contributed by atoms with E-state index in [2.05, 4.69) is 52.7 Å². The molecule has 1 nitrogen and oxygen atoms in total. The van der Waals surface area contributed by atoms with E-state index in [1.165, 1.54) is 31.4 Å². The summed E-state index contributed by atoms with van der Waals surface area (Å²) < 4.78 is 0. The van der Waals surface area contributed by atoms with Crippen LogP contribution >= 0.6 is 0 Å². The van der Waals surface area contributed by atoms with Gasteiger partial charge in [0.05, 0.1) is 0 Å². The topological polar surface area (TPSA) is 3.24 Å². The van der Waals surface area contributed by atoms with Crippen LogP contribution < -0.4 is 0 Å². The minimum atomic E-state index is 0.253. The van der Waals surface area contributed by atoms with E-state index in [4.69, 9.17) is 0 Å². The summed E-state index contributed by atoms with van der Waals surface area (Å²) in [5, 5.41) is 0. The van der Waals surface area contributed by atoms with Crippen molar-refractivity contribution in [3.8, 4) is 0 Å². The van der Waals surface area contributed by atoms with Gasteiger partial charge in [-0.15, -0.1) is 0 Å². The molecule has 0 spiro atoms. The molecule has 0 N–H and O–H groups in total. The standard InChI is InChI=1S/C17H31N/c1-8-10-15(14(4)9-2)16-11-13(3)12-18(16)17(5,6)7/h9,13,15-16H,2,4,8,10-12H2,1,3,5-7H3. The fourth-order valence-corrected chi connectivity index (χ4v) is 3.33. The Kier molecular flexibility index (Phi) is 5.21. The SMILES string of the molecule is C=CC(=C)C(CCC)C1CC(C)CN1C(C)(C)C. The second-order valence-electron chi connectivity index (χ2n) is 6.91. The minimum Gasteiger partial charge on any atom is -0.295 e. The summed E-state index contributed by atoms with van der Waals surface area (Å²) in [5.74, 6) is 1.38. The van der Waals surface area contributed by atoms with Crippen LogP contribution in [-0.4, -0.2) is 23.0 Å². The van der Waals surface area contributed by atoms with Crippen LogP contribution in [0.4, 0.5) is 0 Å². The molecule has 1 aliphatic rings. The molecule has 0 bridgehead atoms. The molecule has 18 heavy (non-hydrogen) atoms. The molecule has 0 aliphatic carbocycles. The summed E-state index contributed by atoms with van der Waals surface area (Å²) in [6.45, 7) is 21.0. The Hall–Kier alpha value is -0.560. The molecule has 0 aromatic carbocycles. The van der Waals surface area contributed by atoms with Gasteiger partial charge in [0, 0.05) is 18.1 Å². The zero-order valence-corrected chi connectivity index (χ0v) is 13.0. The molecule has 0 saturated carbocycles. The maximum Gasteiger partial charge on any atom is 0.0172 e. The molecule has 1 aliphatic heterocycles. The third kappa shape index (κ3) is 3.47. The number of allylic oxidation sites excluding steroid dienone is 1. The molecule has 104 valence electrons. The second-order valence-corrected chi connectivity index (χ2v) is 6.91. The fraction of sp³-hybridized carbons (Fsp3) is 0.765. The Balaban J connectivity index is 2.94. The van der Waals surface area contributed by atoms with E-state index in [0.29, 0.717) is 12.0 Å². The molecule has 0 amide bonds. The van der Waals surface area contributed by atoms with Crippen molar-refractivity contribution in [2.24, 2.45) is 11.8 Å². The van der Waals surface area contributed by atoms with Crippen LogP contribution in [0.25, 0.3) is 0 Å². The van der Waals surface area contributed by atoms with Gasteiger partial charge in [0.25, 0.3) is 0 Å². The molecule has 1 heteroatoms. The Morgan fingerprint density at radius 1 is 1.44 bits per heavy atom. The first-order valence-corrected chi connectivity index (χ1v) is 7.39. The highest BCUT2D eigenvalue weighted by molar-refractivity contribution is 5.18. The zero-order chi connectivity index (χ0) is 13.9. The molecule has 1 rings (SSSR count). The van der Waals surface area contributed by atoms with Gasteiger partial charge < -0.3 is 0 Å². The lowest BCUT2D eigenvalue weighted by Gasteiger charge is -2.41. The van der Waals surface area contributed by atoms with Gasteiger partial charge >= 0.3 is 0 Å². The van der Waals surface area contributed by atoms with E-state index in [1.54, 1.807) is 0 Å². The van der Waals surface area contributed by atoms with Crippen molar-refractivity contribution in [2.45, 2.75) is 65.5 Å². The van der Waals surface area contributed by atoms with Crippen LogP contribution in [0, 0.1) is 11.8 Å². The van der Waals surface area contributed by atoms with Crippen LogP contribution in [0.1, 0.15) is 53.9 Å². The Morgan fingerprint density at radius 3 is 2.50 bits per heavy atom. The maximum atomic E-state index is 4.23. The van der Waals surface area contributed by atoms with Gasteiger partial charge in [-0.2, -0.15) is 0 Å². The second kappa shape index (κ2) is 6.06. The first-order chi connectivity index (χ1) is 8.31. The molecule has 0 radical (unpaired) electrons. The van der Waals surface area contributed by atoms with Crippen molar-refractivity contribution in [3.05, 3.63) is 24.8 Å². The van der Waals surface area contributed by atoms with Gasteiger partial charge in [-0.1, -0.05) is 45.1 Å². The van der Waals surface area contributed by atoms with Gasteiger partial charge in [0.2, 0.25) is 0 Å². The lowest BCUT2D eigenvalue weighted by Crippen LogP contribution is -2.47. The average molecular weight is 249 g/mol. The smallest absolute Gasteiger partial charge is 0.0172 e. The van der Waals surface area contributed by atoms with Gasteiger partial charge in [0.15, 0.2) is 0 Å². The molecule has 0 aromatic heterocycles. The van der Waals surface area contributed by atoms with Crippen LogP contribution in [0.3, 0.4) is 0 Å². The van der Waals surface area contributed by atoms with Crippen LogP contribution in [0.15, 0.2) is 24.8 Å². The highest BCUT2D eigenvalue weighted by atomic mass is 15.2. The summed E-state index contributed by atoms with van der Waals surface area (Å²) in [6, 6.07) is 0.644. The number of hydrogen-bond donors (Lipinski definition) is 0. The highest BCUT2D eigenvalue weighted by Gasteiger charge is 2.40. The highest BCUT2D eigenvalue weighted by Crippen LogP contribution is 2.38. The number of hydrogen-bond acceptors (Lipinski definition) is 1. The number of nitrogens with zero attached hydrogens (tertiary/aromatic N) is 1. The van der Waals surface area contributed by atoms with E-state index in [0.717, 1.165) is 5.92 Å².